The Bertz CT molecular complexity index is 1440. The van der Waals surface area contributed by atoms with Gasteiger partial charge in [-0.3, -0.25) is 9.36 Å². The molecule has 1 aliphatic rings. The number of nitrogens with zero attached hydrogens (tertiary/aromatic N) is 2. The van der Waals surface area contributed by atoms with Crippen molar-refractivity contribution in [2.75, 3.05) is 21.0 Å². The third kappa shape index (κ3) is 4.08. The van der Waals surface area contributed by atoms with Gasteiger partial charge >= 0.3 is 0 Å². The van der Waals surface area contributed by atoms with Crippen molar-refractivity contribution >= 4 is 22.7 Å². The maximum Gasteiger partial charge on any atom is 0.266 e. The fourth-order valence-corrected chi connectivity index (χ4v) is 4.89. The van der Waals surface area contributed by atoms with Gasteiger partial charge in [0.05, 0.1) is 37.4 Å². The Morgan fingerprint density at radius 2 is 1.91 bits per heavy atom. The predicted molar refractivity (Wildman–Crippen MR) is 127 cm³/mol. The van der Waals surface area contributed by atoms with Crippen LogP contribution in [0.15, 0.2) is 64.5 Å². The summed E-state index contributed by atoms with van der Waals surface area (Å²) in [5.74, 6) is 1.63. The molecule has 0 saturated heterocycles. The van der Waals surface area contributed by atoms with Gasteiger partial charge in [0.25, 0.3) is 5.56 Å². The van der Waals surface area contributed by atoms with Crippen molar-refractivity contribution in [2.24, 2.45) is 0 Å². The summed E-state index contributed by atoms with van der Waals surface area (Å²) in [6.07, 6.45) is 0. The highest BCUT2D eigenvalue weighted by atomic mass is 32.2. The predicted octanol–water partition coefficient (Wildman–Crippen LogP) is 4.70. The minimum Gasteiger partial charge on any atom is -0.493 e. The Morgan fingerprint density at radius 3 is 2.74 bits per heavy atom. The average molecular weight is 481 g/mol. The molecule has 9 heteroatoms. The van der Waals surface area contributed by atoms with E-state index in [2.05, 4.69) is 0 Å². The molecule has 3 aromatic carbocycles. The zero-order valence-corrected chi connectivity index (χ0v) is 19.4. The molecule has 0 unspecified atom stereocenters. The molecule has 2 heterocycles. The maximum absolute atomic E-state index is 14.2. The molecule has 5 rings (SSSR count). The summed E-state index contributed by atoms with van der Waals surface area (Å²) in [5.41, 5.74) is 2.27. The van der Waals surface area contributed by atoms with Crippen LogP contribution in [-0.2, 0) is 17.1 Å². The van der Waals surface area contributed by atoms with Crippen molar-refractivity contribution in [1.29, 1.82) is 0 Å². The van der Waals surface area contributed by atoms with Gasteiger partial charge in [-0.2, -0.15) is 0 Å². The average Bonchev–Trinajstić information content (AvgIpc) is 2.87. The summed E-state index contributed by atoms with van der Waals surface area (Å²) < 4.78 is 37.5. The lowest BCUT2D eigenvalue weighted by molar-refractivity contribution is -0.0171. The minimum atomic E-state index is -0.368. The number of thioether (sulfide) groups is 1. The lowest BCUT2D eigenvalue weighted by atomic mass is 10.1. The van der Waals surface area contributed by atoms with E-state index in [1.807, 2.05) is 6.07 Å². The molecule has 0 amide bonds. The van der Waals surface area contributed by atoms with Gasteiger partial charge in [0.2, 0.25) is 0 Å². The Labute approximate surface area is 199 Å². The highest BCUT2D eigenvalue weighted by molar-refractivity contribution is 7.98. The molecule has 0 bridgehead atoms. The van der Waals surface area contributed by atoms with Crippen molar-refractivity contribution in [3.8, 4) is 22.9 Å². The van der Waals surface area contributed by atoms with Gasteiger partial charge in [-0.25, -0.2) is 9.37 Å². The van der Waals surface area contributed by atoms with Gasteiger partial charge in [0.1, 0.15) is 11.6 Å². The first-order valence-corrected chi connectivity index (χ1v) is 11.5. The van der Waals surface area contributed by atoms with Gasteiger partial charge < -0.3 is 18.9 Å². The molecule has 34 heavy (non-hydrogen) atoms. The van der Waals surface area contributed by atoms with Crippen LogP contribution in [0.2, 0.25) is 0 Å². The SMILES string of the molecule is COc1ccc(-n2c(SCc3cc(F)cc4c3OCOC4)nc3ccccc3c2=O)cc1OC. The molecule has 174 valence electrons. The summed E-state index contributed by atoms with van der Waals surface area (Å²) in [7, 11) is 3.09. The maximum atomic E-state index is 14.2. The first kappa shape index (κ1) is 22.2. The highest BCUT2D eigenvalue weighted by Gasteiger charge is 2.20. The van der Waals surface area contributed by atoms with Crippen LogP contribution in [0.25, 0.3) is 16.6 Å². The quantitative estimate of drug-likeness (QED) is 0.293. The molecule has 7 nitrogen and oxygen atoms in total. The number of para-hydroxylation sites is 1. The third-order valence-electron chi connectivity index (χ3n) is 5.48. The molecular weight excluding hydrogens is 459 g/mol. The monoisotopic (exact) mass is 480 g/mol. The molecule has 1 aromatic heterocycles. The van der Waals surface area contributed by atoms with E-state index < -0.39 is 0 Å². The van der Waals surface area contributed by atoms with Crippen molar-refractivity contribution in [2.45, 2.75) is 17.5 Å². The topological polar surface area (TPSA) is 71.8 Å². The lowest BCUT2D eigenvalue weighted by Gasteiger charge is -2.21. The van der Waals surface area contributed by atoms with Crippen LogP contribution in [0.5, 0.6) is 17.2 Å². The number of rotatable bonds is 6. The van der Waals surface area contributed by atoms with Crippen LogP contribution < -0.4 is 19.8 Å². The number of hydrogen-bond donors (Lipinski definition) is 0. The number of halogens is 1. The largest absolute Gasteiger partial charge is 0.493 e. The van der Waals surface area contributed by atoms with Crippen LogP contribution in [-0.4, -0.2) is 30.6 Å². The second-order valence-electron chi connectivity index (χ2n) is 7.54. The van der Waals surface area contributed by atoms with E-state index in [4.69, 9.17) is 23.9 Å². The zero-order valence-electron chi connectivity index (χ0n) is 18.5. The van der Waals surface area contributed by atoms with Gasteiger partial charge in [0.15, 0.2) is 23.4 Å². The normalized spacial score (nSPS) is 12.8. The zero-order chi connectivity index (χ0) is 23.7. The Hall–Kier alpha value is -3.56. The molecule has 0 aliphatic carbocycles. The van der Waals surface area contributed by atoms with Crippen LogP contribution in [0.4, 0.5) is 4.39 Å². The van der Waals surface area contributed by atoms with Crippen molar-refractivity contribution in [1.82, 2.24) is 9.55 Å². The summed E-state index contributed by atoms with van der Waals surface area (Å²) in [6.45, 7) is 0.399. The number of hydrogen-bond acceptors (Lipinski definition) is 7. The molecule has 1 aliphatic heterocycles. The summed E-state index contributed by atoms with van der Waals surface area (Å²) in [5, 5.41) is 0.950. The van der Waals surface area contributed by atoms with E-state index in [-0.39, 0.29) is 24.8 Å². The Balaban J connectivity index is 1.62. The fourth-order valence-electron chi connectivity index (χ4n) is 3.91. The second-order valence-corrected chi connectivity index (χ2v) is 8.49. The molecule has 4 aromatic rings. The molecule has 0 N–H and O–H groups in total. The third-order valence-corrected chi connectivity index (χ3v) is 6.47. The second kappa shape index (κ2) is 9.36. The van der Waals surface area contributed by atoms with Crippen LogP contribution in [0.3, 0.4) is 0 Å². The highest BCUT2D eigenvalue weighted by Crippen LogP contribution is 2.35. The number of benzene rings is 3. The summed E-state index contributed by atoms with van der Waals surface area (Å²) in [6, 6.07) is 15.3. The van der Waals surface area contributed by atoms with E-state index in [1.165, 1.54) is 35.6 Å². The van der Waals surface area contributed by atoms with E-state index >= 15 is 0 Å². The van der Waals surface area contributed by atoms with Gasteiger partial charge in [0, 0.05) is 22.9 Å². The molecular formula is C25H21FN2O5S. The first-order chi connectivity index (χ1) is 16.6. The van der Waals surface area contributed by atoms with Crippen molar-refractivity contribution in [3.05, 3.63) is 81.9 Å². The van der Waals surface area contributed by atoms with Crippen LogP contribution in [0, 0.1) is 5.82 Å². The van der Waals surface area contributed by atoms with E-state index in [9.17, 15) is 9.18 Å². The molecule has 0 spiro atoms. The van der Waals surface area contributed by atoms with Crippen molar-refractivity contribution in [3.63, 3.8) is 0 Å². The Morgan fingerprint density at radius 1 is 1.09 bits per heavy atom. The standard InChI is InChI=1S/C25H21FN2O5S/c1-30-21-8-7-18(11-22(21)31-2)28-24(29)19-5-3-4-6-20(19)27-25(28)34-13-16-10-17(26)9-15-12-32-14-33-23(15)16/h3-11H,12-14H2,1-2H3. The molecule has 0 saturated carbocycles. The smallest absolute Gasteiger partial charge is 0.266 e. The molecule has 0 fully saturated rings. The van der Waals surface area contributed by atoms with Crippen LogP contribution in [0.1, 0.15) is 11.1 Å². The van der Waals surface area contributed by atoms with Gasteiger partial charge in [-0.15, -0.1) is 0 Å². The van der Waals surface area contributed by atoms with E-state index in [0.717, 1.165) is 0 Å². The number of ether oxygens (including phenoxy) is 4. The van der Waals surface area contributed by atoms with Gasteiger partial charge in [-0.05, 0) is 36.4 Å². The summed E-state index contributed by atoms with van der Waals surface area (Å²) in [4.78, 5) is 18.3. The number of aromatic nitrogens is 2. The van der Waals surface area contributed by atoms with E-state index in [0.29, 0.717) is 55.9 Å². The van der Waals surface area contributed by atoms with Gasteiger partial charge in [-0.1, -0.05) is 23.9 Å². The molecule has 0 radical (unpaired) electrons. The number of fused-ring (bicyclic) bond motifs is 2. The van der Waals surface area contributed by atoms with Crippen molar-refractivity contribution < 1.29 is 23.3 Å². The van der Waals surface area contributed by atoms with Crippen LogP contribution >= 0.6 is 11.8 Å². The Kier molecular flexibility index (Phi) is 6.12. The molecule has 0 atom stereocenters. The summed E-state index contributed by atoms with van der Waals surface area (Å²) >= 11 is 1.32. The fraction of sp³-hybridized carbons (Fsp3) is 0.200. The number of methoxy groups -OCH3 is 2. The first-order valence-electron chi connectivity index (χ1n) is 10.5. The van der Waals surface area contributed by atoms with E-state index in [1.54, 1.807) is 43.5 Å². The minimum absolute atomic E-state index is 0.112. The lowest BCUT2D eigenvalue weighted by Crippen LogP contribution is -2.22.